The van der Waals surface area contributed by atoms with Gasteiger partial charge in [-0.05, 0) is 30.9 Å². The third-order valence-electron chi connectivity index (χ3n) is 3.89. The van der Waals surface area contributed by atoms with Crippen LogP contribution in [0.4, 0.5) is 5.69 Å². The van der Waals surface area contributed by atoms with Crippen LogP contribution in [-0.2, 0) is 20.7 Å². The van der Waals surface area contributed by atoms with Crippen molar-refractivity contribution in [3.8, 4) is 0 Å². The molecular weight excluding hydrogens is 258 g/mol. The standard InChI is InChI=1S/C15H19NO4/c1-20-10-7-11-5-2-3-6-12(11)16-13(17)15(14(18)19)8-4-9-15/h2-3,5-6H,4,7-10H2,1H3,(H,16,17)(H,18,19). The largest absolute Gasteiger partial charge is 0.480 e. The maximum Gasteiger partial charge on any atom is 0.319 e. The van der Waals surface area contributed by atoms with Gasteiger partial charge in [-0.3, -0.25) is 9.59 Å². The number of nitrogens with one attached hydrogen (secondary N) is 1. The quantitative estimate of drug-likeness (QED) is 0.780. The second-order valence-corrected chi connectivity index (χ2v) is 5.09. The highest BCUT2D eigenvalue weighted by Crippen LogP contribution is 2.42. The summed E-state index contributed by atoms with van der Waals surface area (Å²) in [4.78, 5) is 23.6. The lowest BCUT2D eigenvalue weighted by Crippen LogP contribution is -2.48. The van der Waals surface area contributed by atoms with Crippen LogP contribution in [0.15, 0.2) is 24.3 Å². The van der Waals surface area contributed by atoms with Crippen molar-refractivity contribution in [1.29, 1.82) is 0 Å². The van der Waals surface area contributed by atoms with Crippen LogP contribution in [0, 0.1) is 5.41 Å². The number of benzene rings is 1. The second kappa shape index (κ2) is 6.05. The zero-order chi connectivity index (χ0) is 14.6. The SMILES string of the molecule is COCCc1ccccc1NC(=O)C1(C(=O)O)CCC1. The van der Waals surface area contributed by atoms with Crippen LogP contribution in [0.1, 0.15) is 24.8 Å². The van der Waals surface area contributed by atoms with E-state index < -0.39 is 17.3 Å². The number of methoxy groups -OCH3 is 1. The molecule has 1 saturated carbocycles. The maximum atomic E-state index is 12.3. The van der Waals surface area contributed by atoms with Gasteiger partial charge in [0.15, 0.2) is 0 Å². The molecule has 2 N–H and O–H groups in total. The molecule has 0 unspecified atom stereocenters. The van der Waals surface area contributed by atoms with Crippen molar-refractivity contribution in [2.45, 2.75) is 25.7 Å². The van der Waals surface area contributed by atoms with Crippen LogP contribution >= 0.6 is 0 Å². The summed E-state index contributed by atoms with van der Waals surface area (Å²) in [7, 11) is 1.62. The number of hydrogen-bond donors (Lipinski definition) is 2. The topological polar surface area (TPSA) is 75.6 Å². The molecule has 1 aromatic carbocycles. The number of para-hydroxylation sites is 1. The Kier molecular flexibility index (Phi) is 4.39. The summed E-state index contributed by atoms with van der Waals surface area (Å²) in [5.74, 6) is -1.45. The minimum absolute atomic E-state index is 0.411. The Bertz CT molecular complexity index is 508. The van der Waals surface area contributed by atoms with Gasteiger partial charge in [0.05, 0.1) is 6.61 Å². The first-order valence-corrected chi connectivity index (χ1v) is 6.72. The molecule has 0 aromatic heterocycles. The average Bonchev–Trinajstić information content (AvgIpc) is 2.36. The molecule has 108 valence electrons. The predicted octanol–water partition coefficient (Wildman–Crippen LogP) is 2.07. The normalized spacial score (nSPS) is 16.2. The molecule has 0 saturated heterocycles. The first-order valence-electron chi connectivity index (χ1n) is 6.72. The van der Waals surface area contributed by atoms with Gasteiger partial charge in [0.1, 0.15) is 5.41 Å². The Labute approximate surface area is 117 Å². The first-order chi connectivity index (χ1) is 9.60. The third kappa shape index (κ3) is 2.67. The maximum absolute atomic E-state index is 12.3. The summed E-state index contributed by atoms with van der Waals surface area (Å²) in [5.41, 5.74) is 0.374. The molecule has 1 aromatic rings. The highest BCUT2D eigenvalue weighted by Gasteiger charge is 2.51. The van der Waals surface area contributed by atoms with Gasteiger partial charge in [-0.1, -0.05) is 24.6 Å². The summed E-state index contributed by atoms with van der Waals surface area (Å²) in [6.07, 6.45) is 2.28. The molecule has 1 fully saturated rings. The van der Waals surface area contributed by atoms with Gasteiger partial charge >= 0.3 is 5.97 Å². The number of amides is 1. The van der Waals surface area contributed by atoms with Crippen LogP contribution in [0.3, 0.4) is 0 Å². The smallest absolute Gasteiger partial charge is 0.319 e. The lowest BCUT2D eigenvalue weighted by Gasteiger charge is -2.35. The molecular formula is C15H19NO4. The van der Waals surface area contributed by atoms with Gasteiger partial charge in [0, 0.05) is 12.8 Å². The van der Waals surface area contributed by atoms with Crippen molar-refractivity contribution in [3.63, 3.8) is 0 Å². The predicted molar refractivity (Wildman–Crippen MR) is 74.6 cm³/mol. The van der Waals surface area contributed by atoms with Crippen molar-refractivity contribution in [2.24, 2.45) is 5.41 Å². The Morgan fingerprint density at radius 1 is 1.35 bits per heavy atom. The molecule has 0 bridgehead atoms. The summed E-state index contributed by atoms with van der Waals surface area (Å²) < 4.78 is 5.04. The minimum Gasteiger partial charge on any atom is -0.480 e. The molecule has 0 atom stereocenters. The third-order valence-corrected chi connectivity index (χ3v) is 3.89. The number of hydrogen-bond acceptors (Lipinski definition) is 3. The van der Waals surface area contributed by atoms with E-state index in [4.69, 9.17) is 4.74 Å². The van der Waals surface area contributed by atoms with Crippen LogP contribution in [-0.4, -0.2) is 30.7 Å². The van der Waals surface area contributed by atoms with E-state index in [0.717, 1.165) is 12.0 Å². The molecule has 1 aliphatic carbocycles. The minimum atomic E-state index is -1.24. The molecule has 5 nitrogen and oxygen atoms in total. The van der Waals surface area contributed by atoms with E-state index in [9.17, 15) is 14.7 Å². The summed E-state index contributed by atoms with van der Waals surface area (Å²) in [5, 5.41) is 12.0. The van der Waals surface area contributed by atoms with E-state index in [0.29, 0.717) is 31.6 Å². The van der Waals surface area contributed by atoms with Gasteiger partial charge in [-0.2, -0.15) is 0 Å². The lowest BCUT2D eigenvalue weighted by molar-refractivity contribution is -0.159. The summed E-state index contributed by atoms with van der Waals surface area (Å²) in [6.45, 7) is 0.553. The summed E-state index contributed by atoms with van der Waals surface area (Å²) in [6, 6.07) is 7.40. The van der Waals surface area contributed by atoms with Gasteiger partial charge in [-0.15, -0.1) is 0 Å². The molecule has 0 radical (unpaired) electrons. The number of rotatable bonds is 6. The van der Waals surface area contributed by atoms with Crippen molar-refractivity contribution in [3.05, 3.63) is 29.8 Å². The zero-order valence-electron chi connectivity index (χ0n) is 11.5. The van der Waals surface area contributed by atoms with Crippen LogP contribution in [0.2, 0.25) is 0 Å². The van der Waals surface area contributed by atoms with Crippen LogP contribution in [0.25, 0.3) is 0 Å². The van der Waals surface area contributed by atoms with E-state index in [1.165, 1.54) is 0 Å². The van der Waals surface area contributed by atoms with Crippen molar-refractivity contribution in [2.75, 3.05) is 19.0 Å². The van der Waals surface area contributed by atoms with Gasteiger partial charge in [0.2, 0.25) is 5.91 Å². The summed E-state index contributed by atoms with van der Waals surface area (Å²) >= 11 is 0. The molecule has 2 rings (SSSR count). The molecule has 5 heteroatoms. The monoisotopic (exact) mass is 277 g/mol. The van der Waals surface area contributed by atoms with E-state index >= 15 is 0 Å². The fourth-order valence-corrected chi connectivity index (χ4v) is 2.38. The van der Waals surface area contributed by atoms with E-state index in [1.807, 2.05) is 18.2 Å². The van der Waals surface area contributed by atoms with Crippen molar-refractivity contribution in [1.82, 2.24) is 0 Å². The molecule has 1 amide bonds. The van der Waals surface area contributed by atoms with E-state index in [2.05, 4.69) is 5.32 Å². The van der Waals surface area contributed by atoms with Gasteiger partial charge in [0.25, 0.3) is 0 Å². The number of carboxylic acids is 1. The Hall–Kier alpha value is -1.88. The number of carboxylic acid groups (broad SMARTS) is 1. The Morgan fingerprint density at radius 2 is 2.05 bits per heavy atom. The number of ether oxygens (including phenoxy) is 1. The van der Waals surface area contributed by atoms with E-state index in [1.54, 1.807) is 13.2 Å². The van der Waals surface area contributed by atoms with Crippen molar-refractivity contribution < 1.29 is 19.4 Å². The zero-order valence-corrected chi connectivity index (χ0v) is 11.5. The first kappa shape index (κ1) is 14.5. The second-order valence-electron chi connectivity index (χ2n) is 5.09. The van der Waals surface area contributed by atoms with Crippen molar-refractivity contribution >= 4 is 17.6 Å². The molecule has 1 aliphatic rings. The number of anilines is 1. The average molecular weight is 277 g/mol. The molecule has 0 spiro atoms. The Balaban J connectivity index is 2.13. The number of carbonyl (C=O) groups is 2. The molecule has 0 heterocycles. The fourth-order valence-electron chi connectivity index (χ4n) is 2.38. The number of carbonyl (C=O) groups excluding carboxylic acids is 1. The fraction of sp³-hybridized carbons (Fsp3) is 0.467. The van der Waals surface area contributed by atoms with E-state index in [-0.39, 0.29) is 0 Å². The lowest BCUT2D eigenvalue weighted by atomic mass is 9.68. The number of aliphatic carboxylic acids is 1. The Morgan fingerprint density at radius 3 is 2.60 bits per heavy atom. The van der Waals surface area contributed by atoms with Crippen LogP contribution in [0.5, 0.6) is 0 Å². The highest BCUT2D eigenvalue weighted by atomic mass is 16.5. The molecule has 20 heavy (non-hydrogen) atoms. The highest BCUT2D eigenvalue weighted by molar-refractivity contribution is 6.09. The van der Waals surface area contributed by atoms with Gasteiger partial charge in [-0.25, -0.2) is 0 Å². The van der Waals surface area contributed by atoms with Gasteiger partial charge < -0.3 is 15.2 Å². The van der Waals surface area contributed by atoms with Crippen LogP contribution < -0.4 is 5.32 Å². The molecule has 0 aliphatic heterocycles.